The minimum atomic E-state index is 0.735. The first-order chi connectivity index (χ1) is 16.9. The number of benzene rings is 1. The van der Waals surface area contributed by atoms with E-state index in [1.807, 2.05) is 56.5 Å². The number of allylic oxidation sites excluding steroid dienone is 3. The number of hydrogen-bond acceptors (Lipinski definition) is 5. The lowest BCUT2D eigenvalue weighted by atomic mass is 10.0. The Morgan fingerprint density at radius 1 is 1.09 bits per heavy atom. The van der Waals surface area contributed by atoms with Crippen molar-refractivity contribution >= 4 is 16.6 Å². The molecule has 6 heteroatoms. The summed E-state index contributed by atoms with van der Waals surface area (Å²) < 4.78 is 0. The van der Waals surface area contributed by atoms with Gasteiger partial charge < -0.3 is 10.2 Å². The predicted octanol–water partition coefficient (Wildman–Crippen LogP) is 5.71. The molecule has 1 aromatic carbocycles. The maximum absolute atomic E-state index is 4.55. The van der Waals surface area contributed by atoms with Crippen LogP contribution in [0.2, 0.25) is 0 Å². The molecule has 0 amide bonds. The van der Waals surface area contributed by atoms with Crippen molar-refractivity contribution < 1.29 is 0 Å². The monoisotopic (exact) mass is 468 g/mol. The van der Waals surface area contributed by atoms with Gasteiger partial charge in [-0.05, 0) is 74.3 Å². The molecule has 3 heterocycles. The Morgan fingerprint density at radius 2 is 1.89 bits per heavy atom. The summed E-state index contributed by atoms with van der Waals surface area (Å²) in [4.78, 5) is 9.04. The summed E-state index contributed by atoms with van der Waals surface area (Å²) >= 11 is 0. The van der Waals surface area contributed by atoms with Crippen LogP contribution < -0.4 is 5.32 Å². The number of hydrogen-bond donors (Lipinski definition) is 2. The van der Waals surface area contributed by atoms with Gasteiger partial charge in [-0.3, -0.25) is 15.0 Å². The van der Waals surface area contributed by atoms with Crippen LogP contribution in [0.5, 0.6) is 0 Å². The third-order valence-electron chi connectivity index (χ3n) is 6.47. The van der Waals surface area contributed by atoms with E-state index in [-0.39, 0.29) is 0 Å². The smallest absolute Gasteiger partial charge is 0.116 e. The average Bonchev–Trinajstić information content (AvgIpc) is 3.30. The highest BCUT2D eigenvalue weighted by atomic mass is 15.1. The zero-order valence-corrected chi connectivity index (χ0v) is 21.1. The second-order valence-corrected chi connectivity index (χ2v) is 9.32. The molecule has 0 radical (unpaired) electrons. The van der Waals surface area contributed by atoms with Gasteiger partial charge >= 0.3 is 0 Å². The summed E-state index contributed by atoms with van der Waals surface area (Å²) in [5.41, 5.74) is 7.86. The molecule has 0 bridgehead atoms. The summed E-state index contributed by atoms with van der Waals surface area (Å²) in [5, 5.41) is 12.1. The van der Waals surface area contributed by atoms with E-state index >= 15 is 0 Å². The van der Waals surface area contributed by atoms with Crippen LogP contribution in [-0.4, -0.2) is 52.2 Å². The van der Waals surface area contributed by atoms with E-state index in [0.717, 1.165) is 51.4 Å². The molecular weight excluding hydrogens is 432 g/mol. The van der Waals surface area contributed by atoms with E-state index in [2.05, 4.69) is 62.8 Å². The fourth-order valence-corrected chi connectivity index (χ4v) is 4.31. The fourth-order valence-electron chi connectivity index (χ4n) is 4.31. The highest BCUT2D eigenvalue weighted by Gasteiger charge is 2.13. The van der Waals surface area contributed by atoms with E-state index in [9.17, 15) is 0 Å². The Bertz CT molecular complexity index is 1260. The second-order valence-electron chi connectivity index (χ2n) is 9.32. The molecule has 0 atom stereocenters. The molecule has 3 aromatic rings. The molecular formula is C29H36N6. The van der Waals surface area contributed by atoms with Crippen molar-refractivity contribution in [2.24, 2.45) is 0 Å². The minimum Gasteiger partial charge on any atom is -0.378 e. The number of likely N-dealkylation sites (N-methyl/N-ethyl adjacent to an activating group) is 1. The van der Waals surface area contributed by atoms with Crippen LogP contribution in [-0.2, 0) is 6.54 Å². The Morgan fingerprint density at radius 3 is 2.63 bits per heavy atom. The molecule has 2 aromatic heterocycles. The summed E-state index contributed by atoms with van der Waals surface area (Å²) in [5.74, 6) is 0. The van der Waals surface area contributed by atoms with E-state index in [0.29, 0.717) is 0 Å². The van der Waals surface area contributed by atoms with Crippen molar-refractivity contribution in [2.75, 3.05) is 27.2 Å². The normalized spacial score (nSPS) is 15.0. The van der Waals surface area contributed by atoms with Gasteiger partial charge in [-0.2, -0.15) is 5.10 Å². The summed E-state index contributed by atoms with van der Waals surface area (Å²) in [6, 6.07) is 8.62. The fraction of sp³-hybridized carbons (Fsp3) is 0.310. The van der Waals surface area contributed by atoms with Gasteiger partial charge in [0.15, 0.2) is 0 Å². The maximum Gasteiger partial charge on any atom is 0.116 e. The summed E-state index contributed by atoms with van der Waals surface area (Å²) in [6.45, 7) is 13.6. The van der Waals surface area contributed by atoms with Crippen LogP contribution in [0, 0.1) is 0 Å². The summed E-state index contributed by atoms with van der Waals surface area (Å²) in [7, 11) is 3.95. The van der Waals surface area contributed by atoms with Crippen LogP contribution in [0.1, 0.15) is 37.4 Å². The molecule has 0 aliphatic carbocycles. The van der Waals surface area contributed by atoms with Gasteiger partial charge in [0, 0.05) is 55.4 Å². The highest BCUT2D eigenvalue weighted by molar-refractivity contribution is 5.92. The number of fused-ring (bicyclic) bond motifs is 1. The molecule has 0 unspecified atom stereocenters. The van der Waals surface area contributed by atoms with Crippen molar-refractivity contribution in [1.29, 1.82) is 0 Å². The Labute approximate surface area is 208 Å². The average molecular weight is 469 g/mol. The molecule has 1 aliphatic rings. The van der Waals surface area contributed by atoms with Gasteiger partial charge in [0.25, 0.3) is 0 Å². The number of pyridine rings is 1. The SMILES string of the molecule is C=C(NC(/C=C\C(=C)N(C)C)=C/C)c1n[nH]c2ccc(-c3cncc(CN4CCCCC4)c3)cc12. The highest BCUT2D eigenvalue weighted by Crippen LogP contribution is 2.28. The number of likely N-dealkylation sites (tertiary alicyclic amines) is 1. The van der Waals surface area contributed by atoms with Gasteiger partial charge in [0.1, 0.15) is 5.69 Å². The molecule has 35 heavy (non-hydrogen) atoms. The first-order valence-corrected chi connectivity index (χ1v) is 12.3. The number of aromatic nitrogens is 3. The second kappa shape index (κ2) is 11.2. The molecule has 182 valence electrons. The minimum absolute atomic E-state index is 0.735. The number of nitrogens with one attached hydrogen (secondary N) is 2. The molecule has 1 saturated heterocycles. The first kappa shape index (κ1) is 24.5. The molecule has 1 aliphatic heterocycles. The topological polar surface area (TPSA) is 60.1 Å². The van der Waals surface area contributed by atoms with Crippen molar-refractivity contribution in [3.63, 3.8) is 0 Å². The van der Waals surface area contributed by atoms with Crippen molar-refractivity contribution in [2.45, 2.75) is 32.7 Å². The Kier molecular flexibility index (Phi) is 7.83. The third-order valence-corrected chi connectivity index (χ3v) is 6.47. The number of H-pyrrole nitrogens is 1. The van der Waals surface area contributed by atoms with Crippen molar-refractivity contribution in [3.8, 4) is 11.1 Å². The molecule has 2 N–H and O–H groups in total. The van der Waals surface area contributed by atoms with Crippen LogP contribution in [0.3, 0.4) is 0 Å². The third kappa shape index (κ3) is 6.08. The zero-order chi connectivity index (χ0) is 24.8. The maximum atomic E-state index is 4.55. The molecule has 6 nitrogen and oxygen atoms in total. The van der Waals surface area contributed by atoms with Crippen LogP contribution in [0.15, 0.2) is 79.4 Å². The summed E-state index contributed by atoms with van der Waals surface area (Å²) in [6.07, 6.45) is 13.8. The van der Waals surface area contributed by atoms with E-state index in [1.165, 1.54) is 37.9 Å². The predicted molar refractivity (Wildman–Crippen MR) is 146 cm³/mol. The van der Waals surface area contributed by atoms with E-state index < -0.39 is 0 Å². The number of piperidine rings is 1. The molecule has 0 saturated carbocycles. The molecule has 0 spiro atoms. The Hall–Kier alpha value is -3.64. The van der Waals surface area contributed by atoms with Crippen molar-refractivity contribution in [1.82, 2.24) is 30.3 Å². The Balaban J connectivity index is 1.54. The standard InChI is InChI=1S/C29H36N6/c1-6-26(12-10-21(2)34(4)5)31-22(3)29-27-17-24(11-13-28(27)32-33-29)25-16-23(18-30-19-25)20-35-14-8-7-9-15-35/h6,10-13,16-19,31H,2-3,7-9,14-15,20H2,1,4-5H3,(H,32,33)/b12-10-,26-6+. The number of nitrogens with zero attached hydrogens (tertiary/aromatic N) is 4. The van der Waals surface area contributed by atoms with Gasteiger partial charge in [-0.1, -0.05) is 31.7 Å². The van der Waals surface area contributed by atoms with Gasteiger partial charge in [-0.15, -0.1) is 0 Å². The first-order valence-electron chi connectivity index (χ1n) is 12.3. The number of aromatic amines is 1. The number of rotatable bonds is 9. The van der Waals surface area contributed by atoms with Gasteiger partial charge in [0.2, 0.25) is 0 Å². The quantitative estimate of drug-likeness (QED) is 0.394. The van der Waals surface area contributed by atoms with Crippen LogP contribution in [0.25, 0.3) is 27.7 Å². The molecule has 1 fully saturated rings. The van der Waals surface area contributed by atoms with Gasteiger partial charge in [0.05, 0.1) is 11.2 Å². The van der Waals surface area contributed by atoms with Crippen molar-refractivity contribution in [3.05, 3.63) is 90.7 Å². The largest absolute Gasteiger partial charge is 0.378 e. The zero-order valence-electron chi connectivity index (χ0n) is 21.1. The van der Waals surface area contributed by atoms with E-state index in [1.54, 1.807) is 0 Å². The van der Waals surface area contributed by atoms with E-state index in [4.69, 9.17) is 0 Å². The van der Waals surface area contributed by atoms with Crippen LogP contribution >= 0.6 is 0 Å². The lowest BCUT2D eigenvalue weighted by Crippen LogP contribution is -2.29. The lowest BCUT2D eigenvalue weighted by molar-refractivity contribution is 0.220. The van der Waals surface area contributed by atoms with Gasteiger partial charge in [-0.25, -0.2) is 0 Å². The van der Waals surface area contributed by atoms with Crippen LogP contribution in [0.4, 0.5) is 0 Å². The molecule has 4 rings (SSSR count). The lowest BCUT2D eigenvalue weighted by Gasteiger charge is -2.26.